The molecule has 0 unspecified atom stereocenters. The molecule has 22 heteroatoms. The van der Waals surface area contributed by atoms with Crippen molar-refractivity contribution in [2.24, 2.45) is 21.5 Å². The third-order valence-corrected chi connectivity index (χ3v) is 11.6. The molecule has 4 aromatic rings. The molecule has 0 fully saturated rings. The number of amides is 2. The Morgan fingerprint density at radius 1 is 0.506 bits per heavy atom. The van der Waals surface area contributed by atoms with Crippen LogP contribution in [0.1, 0.15) is 144 Å². The number of nitrogens with two attached hydrogens (primary N) is 3. The normalized spacial score (nSPS) is 16.1. The Balaban J connectivity index is 0.000000250. The van der Waals surface area contributed by atoms with Crippen LogP contribution < -0.4 is 33.4 Å². The molecule has 4 aromatic heterocycles. The standard InChI is InChI=1S/C10H14N4O.C10H17N3.C10H16N2O.C9H13N5.C9H15N3.C9H14N2O/c1-6-12-8-7(9(15)13-6)11-5-14(8)10(2,3)4;1-7-6-13(10(3,4)5)8(2)12-9(7)11;1-7-6-12(10(3,4)5)8(2)11-9(7)13;1-9(2,3)14-5-13-6-7(10)11-4-12-8(6)14;1-7-11-8(10)5-6-12(7)9(2,3)4;1-7-10-8(12)5-6-11(7)9(2,3)4/h5H,1-4H3,(H,12,13,15);6H,2H2,1,3-5H3,(H2,11,12);6H,2H2,1,3-5H3,(H,11,13);4-5H,1-3H3,(H2,10,11,12);5-6H,1H2,2-4H3,(H2,10,11);5-6H,1H2,2-4H3,(H,10,12). The zero-order valence-corrected chi connectivity index (χ0v) is 50.8. The van der Waals surface area contributed by atoms with E-state index in [0.29, 0.717) is 68.9 Å². The van der Waals surface area contributed by atoms with Crippen LogP contribution in [-0.4, -0.2) is 104 Å². The van der Waals surface area contributed by atoms with Gasteiger partial charge in [0, 0.05) is 75.3 Å². The predicted octanol–water partition coefficient (Wildman–Crippen LogP) is 8.42. The van der Waals surface area contributed by atoms with E-state index in [1.54, 1.807) is 38.8 Å². The summed E-state index contributed by atoms with van der Waals surface area (Å²) >= 11 is 0. The SMILES string of the molecule is C=C1N=C(N)C(C)=CN1C(C)(C)C.C=C1N=C(N)C=CN1C(C)(C)C.C=C1NC(=O)C(C)=CN1C(C)(C)C.C=C1NC(=O)C=CN1C(C)(C)C.CC(C)(C)n1cnc2c(N)ncnc21.Cc1nc2c(ncn2C(C)(C)C)c(=O)[nH]1. The summed E-state index contributed by atoms with van der Waals surface area (Å²) in [7, 11) is 0. The van der Waals surface area contributed by atoms with E-state index in [1.165, 1.54) is 12.4 Å². The van der Waals surface area contributed by atoms with Crippen molar-refractivity contribution >= 4 is 51.6 Å². The third-order valence-electron chi connectivity index (χ3n) is 11.6. The average Bonchev–Trinajstić information content (AvgIpc) is 3.93. The molecule has 4 aliphatic heterocycles. The lowest BCUT2D eigenvalue weighted by Crippen LogP contribution is -2.46. The first kappa shape index (κ1) is 65.0. The molecule has 0 saturated carbocycles. The number of aromatic nitrogens is 8. The maximum Gasteiger partial charge on any atom is 0.279 e. The largest absolute Gasteiger partial charge is 0.384 e. The maximum absolute atomic E-state index is 11.6. The van der Waals surface area contributed by atoms with Crippen molar-refractivity contribution in [1.82, 2.24) is 69.3 Å². The van der Waals surface area contributed by atoms with Gasteiger partial charge in [-0.3, -0.25) is 14.4 Å². The molecule has 79 heavy (non-hydrogen) atoms. The Morgan fingerprint density at radius 3 is 1.47 bits per heavy atom. The average molecular weight is 1090 g/mol. The molecule has 0 saturated heterocycles. The highest BCUT2D eigenvalue weighted by molar-refractivity contribution is 5.97. The molecule has 8 heterocycles. The minimum atomic E-state index is -0.180. The van der Waals surface area contributed by atoms with Crippen LogP contribution in [-0.2, 0) is 20.7 Å². The van der Waals surface area contributed by atoms with Crippen molar-refractivity contribution in [3.63, 3.8) is 0 Å². The van der Waals surface area contributed by atoms with Gasteiger partial charge >= 0.3 is 0 Å². The summed E-state index contributed by atoms with van der Waals surface area (Å²) in [6, 6.07) is 0. The van der Waals surface area contributed by atoms with Gasteiger partial charge in [0.1, 0.15) is 52.6 Å². The molecule has 22 nitrogen and oxygen atoms in total. The highest BCUT2D eigenvalue weighted by atomic mass is 16.2. The van der Waals surface area contributed by atoms with E-state index >= 15 is 0 Å². The first-order valence-electron chi connectivity index (χ1n) is 25.7. The molecule has 0 aromatic carbocycles. The second-order valence-corrected chi connectivity index (χ2v) is 24.9. The van der Waals surface area contributed by atoms with Crippen LogP contribution in [0.3, 0.4) is 0 Å². The van der Waals surface area contributed by atoms with Gasteiger partial charge in [-0.2, -0.15) is 0 Å². The van der Waals surface area contributed by atoms with Crippen LogP contribution in [0.2, 0.25) is 0 Å². The van der Waals surface area contributed by atoms with Crippen molar-refractivity contribution in [1.29, 1.82) is 0 Å². The molecule has 9 N–H and O–H groups in total. The minimum Gasteiger partial charge on any atom is -0.384 e. The number of rotatable bonds is 0. The molecule has 4 aliphatic rings. The molecule has 0 aliphatic carbocycles. The Labute approximate surface area is 467 Å². The number of hydrogen-bond acceptors (Lipinski definition) is 17. The molecular formula is C57H89N19O3. The van der Waals surface area contributed by atoms with Crippen molar-refractivity contribution in [3.8, 4) is 0 Å². The number of amidine groups is 2. The predicted molar refractivity (Wildman–Crippen MR) is 321 cm³/mol. The minimum absolute atomic E-state index is 0.00252. The molecular weight excluding hydrogens is 999 g/mol. The summed E-state index contributed by atoms with van der Waals surface area (Å²) in [5.41, 5.74) is 20.6. The van der Waals surface area contributed by atoms with Gasteiger partial charge in [-0.25, -0.2) is 34.9 Å². The van der Waals surface area contributed by atoms with E-state index in [1.807, 2.05) is 75.0 Å². The molecule has 2 amide bonds. The van der Waals surface area contributed by atoms with Gasteiger partial charge in [0.2, 0.25) is 0 Å². The number of anilines is 1. The highest BCUT2D eigenvalue weighted by Gasteiger charge is 2.28. The van der Waals surface area contributed by atoms with E-state index in [2.05, 4.69) is 181 Å². The van der Waals surface area contributed by atoms with Gasteiger partial charge in [-0.05, 0) is 151 Å². The van der Waals surface area contributed by atoms with Gasteiger partial charge in [0.05, 0.1) is 12.7 Å². The number of fused-ring (bicyclic) bond motifs is 2. The summed E-state index contributed by atoms with van der Waals surface area (Å²) in [6.45, 7) is 58.1. The van der Waals surface area contributed by atoms with Crippen LogP contribution in [0.25, 0.3) is 22.3 Å². The maximum atomic E-state index is 11.6. The van der Waals surface area contributed by atoms with E-state index in [9.17, 15) is 14.4 Å². The van der Waals surface area contributed by atoms with Gasteiger partial charge in [-0.15, -0.1) is 0 Å². The fourth-order valence-corrected chi connectivity index (χ4v) is 7.46. The molecule has 0 spiro atoms. The zero-order valence-electron chi connectivity index (χ0n) is 50.8. The summed E-state index contributed by atoms with van der Waals surface area (Å²) in [5, 5.41) is 5.35. The van der Waals surface area contributed by atoms with E-state index in [-0.39, 0.29) is 50.6 Å². The summed E-state index contributed by atoms with van der Waals surface area (Å²) < 4.78 is 3.89. The van der Waals surface area contributed by atoms with E-state index in [0.717, 1.165) is 11.2 Å². The fourth-order valence-electron chi connectivity index (χ4n) is 7.46. The number of aromatic amines is 1. The number of imidazole rings is 2. The number of aliphatic imine (C=N–C) groups is 2. The van der Waals surface area contributed by atoms with Gasteiger partial charge in [0.25, 0.3) is 17.4 Å². The Bertz CT molecular complexity index is 3180. The molecule has 0 radical (unpaired) electrons. The third kappa shape index (κ3) is 17.9. The van der Waals surface area contributed by atoms with Gasteiger partial charge < -0.3 is 61.6 Å². The van der Waals surface area contributed by atoms with Gasteiger partial charge in [-0.1, -0.05) is 26.3 Å². The van der Waals surface area contributed by atoms with Gasteiger partial charge in [0.15, 0.2) is 22.6 Å². The van der Waals surface area contributed by atoms with Crippen molar-refractivity contribution in [2.75, 3.05) is 5.73 Å². The fraction of sp³-hybridized carbons (Fsp3) is 0.474. The number of carbonyl (C=O) groups excluding carboxylic acids is 2. The van der Waals surface area contributed by atoms with Crippen LogP contribution in [0.5, 0.6) is 0 Å². The number of nitrogens with one attached hydrogen (secondary N) is 3. The Hall–Kier alpha value is -8.30. The topological polar surface area (TPSA) is 281 Å². The number of carbonyl (C=O) groups is 2. The van der Waals surface area contributed by atoms with E-state index < -0.39 is 0 Å². The number of nitrogen functional groups attached to an aromatic ring is 1. The number of nitrogens with zero attached hydrogens (tertiary/aromatic N) is 13. The lowest BCUT2D eigenvalue weighted by Gasteiger charge is -2.38. The first-order valence-corrected chi connectivity index (χ1v) is 25.7. The first-order chi connectivity index (χ1) is 35.9. The monoisotopic (exact) mass is 1090 g/mol. The summed E-state index contributed by atoms with van der Waals surface area (Å²) in [4.78, 5) is 73.1. The number of hydrogen-bond donors (Lipinski definition) is 6. The highest BCUT2D eigenvalue weighted by Crippen LogP contribution is 2.27. The quantitative estimate of drug-likeness (QED) is 0.0964. The second kappa shape index (κ2) is 24.6. The van der Waals surface area contributed by atoms with Crippen LogP contribution in [0.4, 0.5) is 5.82 Å². The lowest BCUT2D eigenvalue weighted by molar-refractivity contribution is -0.118. The Kier molecular flexibility index (Phi) is 20.2. The Morgan fingerprint density at radius 2 is 0.975 bits per heavy atom. The van der Waals surface area contributed by atoms with Crippen molar-refractivity contribution in [3.05, 3.63) is 133 Å². The molecule has 0 atom stereocenters. The summed E-state index contributed by atoms with van der Waals surface area (Å²) in [5.74, 6) is 4.62. The van der Waals surface area contributed by atoms with Crippen molar-refractivity contribution in [2.45, 2.75) is 179 Å². The second-order valence-electron chi connectivity index (χ2n) is 24.9. The number of H-pyrrole nitrogens is 1. The van der Waals surface area contributed by atoms with Crippen LogP contribution in [0, 0.1) is 6.92 Å². The van der Waals surface area contributed by atoms with Crippen LogP contribution >= 0.6 is 0 Å². The molecule has 8 rings (SSSR count). The molecule has 430 valence electrons. The smallest absolute Gasteiger partial charge is 0.279 e. The van der Waals surface area contributed by atoms with Crippen molar-refractivity contribution < 1.29 is 9.59 Å². The number of aryl methyl sites for hydroxylation is 1. The molecule has 0 bridgehead atoms. The van der Waals surface area contributed by atoms with Crippen LogP contribution in [0.15, 0.2) is 131 Å². The van der Waals surface area contributed by atoms with E-state index in [4.69, 9.17) is 17.2 Å². The zero-order chi connectivity index (χ0) is 60.7. The lowest BCUT2D eigenvalue weighted by atomic mass is 10.1. The summed E-state index contributed by atoms with van der Waals surface area (Å²) in [6.07, 6.45) is 15.6.